The monoisotopic (exact) mass is 212 g/mol. The van der Waals surface area contributed by atoms with E-state index in [4.69, 9.17) is 9.47 Å². The van der Waals surface area contributed by atoms with Gasteiger partial charge in [-0.2, -0.15) is 0 Å². The van der Waals surface area contributed by atoms with Gasteiger partial charge in [0, 0.05) is 26.2 Å². The van der Waals surface area contributed by atoms with Crippen LogP contribution in [0.25, 0.3) is 0 Å². The lowest BCUT2D eigenvalue weighted by Crippen LogP contribution is -2.57. The lowest BCUT2D eigenvalue weighted by atomic mass is 9.69. The Morgan fingerprint density at radius 3 is 2.60 bits per heavy atom. The van der Waals surface area contributed by atoms with E-state index >= 15 is 0 Å². The van der Waals surface area contributed by atoms with Crippen molar-refractivity contribution in [2.45, 2.75) is 51.2 Å². The van der Waals surface area contributed by atoms with Crippen molar-refractivity contribution >= 4 is 11.9 Å². The largest absolute Gasteiger partial charge is 0.462 e. The third kappa shape index (κ3) is 1.73. The molecule has 0 aromatic rings. The predicted octanol–water partition coefficient (Wildman–Crippen LogP) is 1.42. The average Bonchev–Trinajstić information content (AvgIpc) is 2.38. The molecule has 15 heavy (non-hydrogen) atoms. The first-order valence-electron chi connectivity index (χ1n) is 5.40. The molecule has 3 unspecified atom stereocenters. The Balaban J connectivity index is 1.99. The highest BCUT2D eigenvalue weighted by Gasteiger charge is 2.60. The third-order valence-electron chi connectivity index (χ3n) is 3.45. The van der Waals surface area contributed by atoms with Crippen LogP contribution >= 0.6 is 0 Å². The van der Waals surface area contributed by atoms with Crippen molar-refractivity contribution < 1.29 is 19.1 Å². The summed E-state index contributed by atoms with van der Waals surface area (Å²) in [6.45, 7) is 2.85. The van der Waals surface area contributed by atoms with Gasteiger partial charge in [0.25, 0.3) is 0 Å². The van der Waals surface area contributed by atoms with E-state index in [2.05, 4.69) is 0 Å². The molecule has 2 saturated carbocycles. The smallest absolute Gasteiger partial charge is 0.303 e. The van der Waals surface area contributed by atoms with E-state index in [0.29, 0.717) is 6.42 Å². The second-order valence-corrected chi connectivity index (χ2v) is 4.51. The van der Waals surface area contributed by atoms with Gasteiger partial charge in [-0.25, -0.2) is 0 Å². The fourth-order valence-corrected chi connectivity index (χ4v) is 2.96. The van der Waals surface area contributed by atoms with Gasteiger partial charge in [-0.15, -0.1) is 0 Å². The number of carbonyl (C=O) groups excluding carboxylic acids is 2. The Hall–Kier alpha value is -1.06. The van der Waals surface area contributed by atoms with Gasteiger partial charge >= 0.3 is 11.9 Å². The SMILES string of the molecule is CC(=O)OC1CC2(OC(C)=O)CCCC12. The van der Waals surface area contributed by atoms with Crippen LogP contribution in [0.5, 0.6) is 0 Å². The molecule has 0 aromatic carbocycles. The summed E-state index contributed by atoms with van der Waals surface area (Å²) in [5.41, 5.74) is -0.314. The van der Waals surface area contributed by atoms with E-state index in [1.54, 1.807) is 0 Å². The molecule has 0 amide bonds. The molecular weight excluding hydrogens is 196 g/mol. The van der Waals surface area contributed by atoms with Crippen LogP contribution in [0.2, 0.25) is 0 Å². The Kier molecular flexibility index (Phi) is 2.44. The molecule has 0 saturated heterocycles. The van der Waals surface area contributed by atoms with E-state index in [9.17, 15) is 9.59 Å². The molecule has 0 aliphatic heterocycles. The molecule has 2 rings (SSSR count). The number of ether oxygens (including phenoxy) is 2. The van der Waals surface area contributed by atoms with Crippen LogP contribution in [-0.4, -0.2) is 23.6 Å². The maximum Gasteiger partial charge on any atom is 0.303 e. The van der Waals surface area contributed by atoms with Gasteiger partial charge in [0.2, 0.25) is 0 Å². The van der Waals surface area contributed by atoms with E-state index in [-0.39, 0.29) is 29.6 Å². The zero-order valence-corrected chi connectivity index (χ0v) is 9.12. The van der Waals surface area contributed by atoms with Crippen molar-refractivity contribution in [3.63, 3.8) is 0 Å². The van der Waals surface area contributed by atoms with Gasteiger partial charge in [-0.1, -0.05) is 0 Å². The molecule has 0 bridgehead atoms. The van der Waals surface area contributed by atoms with Crippen LogP contribution in [0.1, 0.15) is 39.5 Å². The summed E-state index contributed by atoms with van der Waals surface area (Å²) in [5.74, 6) is -0.253. The number of carbonyl (C=O) groups is 2. The minimum atomic E-state index is -0.314. The van der Waals surface area contributed by atoms with Crippen molar-refractivity contribution in [3.8, 4) is 0 Å². The normalized spacial score (nSPS) is 37.7. The van der Waals surface area contributed by atoms with Gasteiger partial charge in [-0.3, -0.25) is 9.59 Å². The molecule has 0 aromatic heterocycles. The molecule has 2 aliphatic rings. The third-order valence-corrected chi connectivity index (χ3v) is 3.45. The second kappa shape index (κ2) is 3.51. The van der Waals surface area contributed by atoms with E-state index in [1.807, 2.05) is 0 Å². The quantitative estimate of drug-likeness (QED) is 0.650. The van der Waals surface area contributed by atoms with E-state index < -0.39 is 0 Å². The summed E-state index contributed by atoms with van der Waals surface area (Å²) >= 11 is 0. The van der Waals surface area contributed by atoms with E-state index in [0.717, 1.165) is 19.3 Å². The van der Waals surface area contributed by atoms with Crippen LogP contribution in [0.15, 0.2) is 0 Å². The fourth-order valence-electron chi connectivity index (χ4n) is 2.96. The topological polar surface area (TPSA) is 52.6 Å². The molecule has 3 atom stereocenters. The predicted molar refractivity (Wildman–Crippen MR) is 52.0 cm³/mol. The van der Waals surface area contributed by atoms with Gasteiger partial charge < -0.3 is 9.47 Å². The Labute approximate surface area is 88.9 Å². The van der Waals surface area contributed by atoms with Gasteiger partial charge in [0.05, 0.1) is 0 Å². The molecule has 0 spiro atoms. The Morgan fingerprint density at radius 2 is 2.00 bits per heavy atom. The first-order chi connectivity index (χ1) is 7.03. The Bertz CT molecular complexity index is 299. The summed E-state index contributed by atoms with van der Waals surface area (Å²) in [6.07, 6.45) is 3.59. The molecule has 2 aliphatic carbocycles. The fraction of sp³-hybridized carbons (Fsp3) is 0.818. The molecule has 0 radical (unpaired) electrons. The molecule has 2 fully saturated rings. The number of hydrogen-bond acceptors (Lipinski definition) is 4. The van der Waals surface area contributed by atoms with E-state index in [1.165, 1.54) is 13.8 Å². The molecule has 4 heteroatoms. The van der Waals surface area contributed by atoms with Crippen molar-refractivity contribution in [1.82, 2.24) is 0 Å². The molecule has 84 valence electrons. The van der Waals surface area contributed by atoms with Gasteiger partial charge in [0.15, 0.2) is 0 Å². The summed E-state index contributed by atoms with van der Waals surface area (Å²) < 4.78 is 10.6. The van der Waals surface area contributed by atoms with Gasteiger partial charge in [-0.05, 0) is 19.3 Å². The molecule has 4 nitrogen and oxygen atoms in total. The first-order valence-corrected chi connectivity index (χ1v) is 5.40. The highest BCUT2D eigenvalue weighted by atomic mass is 16.6. The van der Waals surface area contributed by atoms with Crippen LogP contribution in [0.3, 0.4) is 0 Å². The maximum absolute atomic E-state index is 11.0. The van der Waals surface area contributed by atoms with Crippen LogP contribution in [0, 0.1) is 5.92 Å². The van der Waals surface area contributed by atoms with Crippen LogP contribution < -0.4 is 0 Å². The summed E-state index contributed by atoms with van der Waals surface area (Å²) in [5, 5.41) is 0. The molecule has 0 N–H and O–H groups in total. The number of fused-ring (bicyclic) bond motifs is 1. The highest BCUT2D eigenvalue weighted by molar-refractivity contribution is 5.67. The summed E-state index contributed by atoms with van der Waals surface area (Å²) in [6, 6.07) is 0. The number of hydrogen-bond donors (Lipinski definition) is 0. The van der Waals surface area contributed by atoms with Crippen molar-refractivity contribution in [2.24, 2.45) is 5.92 Å². The number of esters is 2. The highest BCUT2D eigenvalue weighted by Crippen LogP contribution is 2.54. The van der Waals surface area contributed by atoms with Crippen molar-refractivity contribution in [3.05, 3.63) is 0 Å². The minimum Gasteiger partial charge on any atom is -0.462 e. The van der Waals surface area contributed by atoms with Crippen LogP contribution in [-0.2, 0) is 19.1 Å². The lowest BCUT2D eigenvalue weighted by Gasteiger charge is -2.49. The van der Waals surface area contributed by atoms with Crippen molar-refractivity contribution in [1.29, 1.82) is 0 Å². The maximum atomic E-state index is 11.0. The zero-order chi connectivity index (χ0) is 11.1. The Morgan fingerprint density at radius 1 is 1.27 bits per heavy atom. The van der Waals surface area contributed by atoms with Gasteiger partial charge in [0.1, 0.15) is 11.7 Å². The summed E-state index contributed by atoms with van der Waals surface area (Å²) in [4.78, 5) is 21.8. The average molecular weight is 212 g/mol. The lowest BCUT2D eigenvalue weighted by molar-refractivity contribution is -0.209. The van der Waals surface area contributed by atoms with Crippen molar-refractivity contribution in [2.75, 3.05) is 0 Å². The molecule has 0 heterocycles. The first kappa shape index (κ1) is 10.5. The van der Waals surface area contributed by atoms with Crippen LogP contribution in [0.4, 0.5) is 0 Å². The number of rotatable bonds is 2. The second-order valence-electron chi connectivity index (χ2n) is 4.51. The summed E-state index contributed by atoms with van der Waals surface area (Å²) in [7, 11) is 0. The molecular formula is C11H16O4. The standard InChI is InChI=1S/C11H16O4/c1-7(12)14-10-6-11(15-8(2)13)5-3-4-9(10)11/h9-10H,3-6H2,1-2H3. The minimum absolute atomic E-state index is 0.0376. The zero-order valence-electron chi connectivity index (χ0n) is 9.12.